The first kappa shape index (κ1) is 22.5. The Bertz CT molecular complexity index is 634. The van der Waals surface area contributed by atoms with Gasteiger partial charge >= 0.3 is 0 Å². The maximum Gasteiger partial charge on any atom is 0.242 e. The number of amides is 2. The molecule has 1 aliphatic rings. The van der Waals surface area contributed by atoms with E-state index in [2.05, 4.69) is 38.3 Å². The summed E-state index contributed by atoms with van der Waals surface area (Å²) < 4.78 is 2.06. The predicted octanol–water partition coefficient (Wildman–Crippen LogP) is 4.22. The van der Waals surface area contributed by atoms with Gasteiger partial charge < -0.3 is 14.4 Å². The van der Waals surface area contributed by atoms with E-state index in [9.17, 15) is 9.59 Å². The molecular weight excluding hydrogens is 350 g/mol. The molecule has 0 saturated heterocycles. The monoisotopic (exact) mass is 389 g/mol. The first-order chi connectivity index (χ1) is 13.4. The van der Waals surface area contributed by atoms with Crippen LogP contribution in [0.4, 0.5) is 0 Å². The minimum absolute atomic E-state index is 0.0553. The summed E-state index contributed by atoms with van der Waals surface area (Å²) in [5.41, 5.74) is 1.12. The van der Waals surface area contributed by atoms with Gasteiger partial charge in [0.15, 0.2) is 0 Å². The van der Waals surface area contributed by atoms with Crippen LogP contribution in [0.5, 0.6) is 0 Å². The van der Waals surface area contributed by atoms with Crippen LogP contribution in [0.25, 0.3) is 0 Å². The summed E-state index contributed by atoms with van der Waals surface area (Å²) in [4.78, 5) is 30.2. The minimum Gasteiger partial charge on any atom is -0.353 e. The molecule has 1 saturated carbocycles. The second-order valence-corrected chi connectivity index (χ2v) is 8.72. The first-order valence-electron chi connectivity index (χ1n) is 11.1. The zero-order valence-corrected chi connectivity index (χ0v) is 18.5. The molecule has 1 heterocycles. The molecule has 0 radical (unpaired) electrons. The van der Waals surface area contributed by atoms with Crippen LogP contribution in [0.15, 0.2) is 18.3 Å². The normalized spacial score (nSPS) is 14.9. The van der Waals surface area contributed by atoms with Crippen molar-refractivity contribution in [2.75, 3.05) is 13.1 Å². The summed E-state index contributed by atoms with van der Waals surface area (Å²) in [6, 6.07) is 4.33. The van der Waals surface area contributed by atoms with E-state index < -0.39 is 0 Å². The number of hydrogen-bond acceptors (Lipinski definition) is 2. The number of unbranched alkanes of at least 4 members (excludes halogenated alkanes) is 1. The summed E-state index contributed by atoms with van der Waals surface area (Å²) >= 11 is 0. The number of carbonyl (C=O) groups excluding carboxylic acids is 2. The molecule has 1 aliphatic carbocycles. The van der Waals surface area contributed by atoms with E-state index >= 15 is 0 Å². The van der Waals surface area contributed by atoms with Crippen LogP contribution in [0.2, 0.25) is 0 Å². The van der Waals surface area contributed by atoms with Gasteiger partial charge in [-0.15, -0.1) is 0 Å². The van der Waals surface area contributed by atoms with E-state index in [0.717, 1.165) is 44.2 Å². The quantitative estimate of drug-likeness (QED) is 0.537. The van der Waals surface area contributed by atoms with Gasteiger partial charge in [-0.1, -0.05) is 40.5 Å². The highest BCUT2D eigenvalue weighted by molar-refractivity contribution is 5.86. The summed E-state index contributed by atoms with van der Waals surface area (Å²) in [5.74, 6) is 0.706. The smallest absolute Gasteiger partial charge is 0.242 e. The number of carbonyl (C=O) groups is 2. The van der Waals surface area contributed by atoms with Gasteiger partial charge in [0, 0.05) is 37.4 Å². The van der Waals surface area contributed by atoms with Gasteiger partial charge in [0.1, 0.15) is 6.54 Å². The van der Waals surface area contributed by atoms with Gasteiger partial charge in [-0.2, -0.15) is 0 Å². The maximum atomic E-state index is 13.2. The number of nitrogens with zero attached hydrogens (tertiary/aromatic N) is 3. The largest absolute Gasteiger partial charge is 0.353 e. The molecule has 0 N–H and O–H groups in total. The Kier molecular flexibility index (Phi) is 8.58. The zero-order valence-electron chi connectivity index (χ0n) is 18.5. The Balaban J connectivity index is 2.08. The molecule has 0 bridgehead atoms. The van der Waals surface area contributed by atoms with E-state index in [1.54, 1.807) is 0 Å². The Morgan fingerprint density at radius 3 is 2.46 bits per heavy atom. The lowest BCUT2D eigenvalue weighted by molar-refractivity contribution is -0.144. The molecule has 2 rings (SSSR count). The zero-order chi connectivity index (χ0) is 20.7. The van der Waals surface area contributed by atoms with Crippen molar-refractivity contribution in [2.24, 2.45) is 18.9 Å². The minimum atomic E-state index is 0.0553. The van der Waals surface area contributed by atoms with E-state index in [1.165, 1.54) is 0 Å². The van der Waals surface area contributed by atoms with Crippen molar-refractivity contribution < 1.29 is 9.59 Å². The van der Waals surface area contributed by atoms with E-state index in [4.69, 9.17) is 0 Å². The van der Waals surface area contributed by atoms with Gasteiger partial charge in [-0.3, -0.25) is 9.59 Å². The van der Waals surface area contributed by atoms with E-state index in [-0.39, 0.29) is 30.3 Å². The topological polar surface area (TPSA) is 45.6 Å². The van der Waals surface area contributed by atoms with Crippen LogP contribution >= 0.6 is 0 Å². The third-order valence-corrected chi connectivity index (χ3v) is 5.67. The van der Waals surface area contributed by atoms with Crippen LogP contribution in [-0.4, -0.2) is 45.3 Å². The molecular formula is C23H39N3O2. The van der Waals surface area contributed by atoms with Gasteiger partial charge in [-0.05, 0) is 43.7 Å². The summed E-state index contributed by atoms with van der Waals surface area (Å²) in [7, 11) is 2.01. The predicted molar refractivity (Wildman–Crippen MR) is 114 cm³/mol. The maximum absolute atomic E-state index is 13.2. The van der Waals surface area contributed by atoms with E-state index in [1.807, 2.05) is 29.1 Å². The second kappa shape index (κ2) is 10.7. The van der Waals surface area contributed by atoms with Gasteiger partial charge in [0.05, 0.1) is 6.54 Å². The Labute approximate surface area is 171 Å². The molecule has 0 aromatic carbocycles. The van der Waals surface area contributed by atoms with Crippen molar-refractivity contribution in [2.45, 2.75) is 78.8 Å². The van der Waals surface area contributed by atoms with Crippen molar-refractivity contribution in [1.29, 1.82) is 0 Å². The highest BCUT2D eigenvalue weighted by Crippen LogP contribution is 2.30. The third-order valence-electron chi connectivity index (χ3n) is 5.67. The summed E-state index contributed by atoms with van der Waals surface area (Å²) in [5, 5.41) is 0. The van der Waals surface area contributed by atoms with Crippen molar-refractivity contribution in [3.8, 4) is 0 Å². The fourth-order valence-electron chi connectivity index (χ4n) is 3.76. The van der Waals surface area contributed by atoms with Crippen LogP contribution in [0.1, 0.15) is 71.9 Å². The Hall–Kier alpha value is -1.78. The lowest BCUT2D eigenvalue weighted by atomic mass is 9.97. The average molecular weight is 390 g/mol. The fourth-order valence-corrected chi connectivity index (χ4v) is 3.76. The molecule has 2 amide bonds. The van der Waals surface area contributed by atoms with E-state index in [0.29, 0.717) is 19.0 Å². The lowest BCUT2D eigenvalue weighted by Crippen LogP contribution is -2.46. The molecule has 0 aliphatic heterocycles. The summed E-state index contributed by atoms with van der Waals surface area (Å²) in [6.07, 6.45) is 8.04. The van der Waals surface area contributed by atoms with Gasteiger partial charge in [0.25, 0.3) is 0 Å². The first-order valence-corrected chi connectivity index (χ1v) is 11.1. The van der Waals surface area contributed by atoms with Crippen LogP contribution in [0.3, 0.4) is 0 Å². The highest BCUT2D eigenvalue weighted by Gasteiger charge is 2.37. The summed E-state index contributed by atoms with van der Waals surface area (Å²) in [6.45, 7) is 10.0. The number of rotatable bonds is 12. The van der Waals surface area contributed by atoms with Crippen molar-refractivity contribution in [3.63, 3.8) is 0 Å². The molecule has 5 nitrogen and oxygen atoms in total. The van der Waals surface area contributed by atoms with Crippen LogP contribution in [0, 0.1) is 11.8 Å². The van der Waals surface area contributed by atoms with Crippen molar-refractivity contribution in [1.82, 2.24) is 14.4 Å². The third kappa shape index (κ3) is 6.39. The number of hydrogen-bond donors (Lipinski definition) is 0. The Morgan fingerprint density at radius 1 is 1.25 bits per heavy atom. The molecule has 1 aromatic heterocycles. The SMILES string of the molecule is CCCC[C@H](CC)C(=O)N(CC(=O)N(Cc1cccn1C)CC(C)C)C1CC1. The molecule has 1 fully saturated rings. The molecule has 1 aromatic rings. The molecule has 5 heteroatoms. The fraction of sp³-hybridized carbons (Fsp3) is 0.739. The molecule has 0 unspecified atom stereocenters. The second-order valence-electron chi connectivity index (χ2n) is 8.72. The Morgan fingerprint density at radius 2 is 1.96 bits per heavy atom. The van der Waals surface area contributed by atoms with Crippen LogP contribution in [-0.2, 0) is 23.2 Å². The standard InChI is InChI=1S/C23H39N3O2/c1-6-8-10-19(7-2)23(28)26(20-12-13-20)17-22(27)25(15-18(3)4)16-21-11-9-14-24(21)5/h9,11,14,18-20H,6-8,10,12-13,15-17H2,1-5H3/t19-/m0/s1. The molecule has 28 heavy (non-hydrogen) atoms. The van der Waals surface area contributed by atoms with Gasteiger partial charge in [-0.25, -0.2) is 0 Å². The van der Waals surface area contributed by atoms with Crippen molar-refractivity contribution >= 4 is 11.8 Å². The lowest BCUT2D eigenvalue weighted by Gasteiger charge is -2.31. The molecule has 0 spiro atoms. The van der Waals surface area contributed by atoms with Crippen LogP contribution < -0.4 is 0 Å². The average Bonchev–Trinajstić information content (AvgIpc) is 3.42. The number of aryl methyl sites for hydroxylation is 1. The van der Waals surface area contributed by atoms with Crippen molar-refractivity contribution in [3.05, 3.63) is 24.0 Å². The van der Waals surface area contributed by atoms with Gasteiger partial charge in [0.2, 0.25) is 11.8 Å². The molecule has 158 valence electrons. The highest BCUT2D eigenvalue weighted by atomic mass is 16.2. The number of aromatic nitrogens is 1. The molecule has 1 atom stereocenters.